The van der Waals surface area contributed by atoms with Gasteiger partial charge in [-0.25, -0.2) is 9.79 Å². The Bertz CT molecular complexity index is 1270. The molecule has 1 heterocycles. The fourth-order valence-corrected chi connectivity index (χ4v) is 3.34. The van der Waals surface area contributed by atoms with Gasteiger partial charge in [-0.15, -0.1) is 0 Å². The number of cyclic esters (lactones) is 1. The van der Waals surface area contributed by atoms with E-state index in [9.17, 15) is 14.9 Å². The third-order valence-electron chi connectivity index (χ3n) is 4.49. The lowest BCUT2D eigenvalue weighted by atomic mass is 10.2. The van der Waals surface area contributed by atoms with E-state index in [0.29, 0.717) is 22.9 Å². The Morgan fingerprint density at radius 1 is 1.06 bits per heavy atom. The number of nitro benzene ring substituents is 1. The molecule has 0 N–H and O–H groups in total. The predicted molar refractivity (Wildman–Crippen MR) is 121 cm³/mol. The van der Waals surface area contributed by atoms with Crippen LogP contribution in [0.2, 0.25) is 10.0 Å². The standard InChI is InChI=1S/C23H14Cl2N2O5/c24-16-3-1-2-15(10-16)13-31-18-7-4-14(5-8-18)11-21-23(28)32-22(26-21)19-12-17(27(29)30)6-9-20(19)25/h1-12H,13H2/b21-11-. The van der Waals surface area contributed by atoms with E-state index in [1.807, 2.05) is 18.2 Å². The normalized spacial score (nSPS) is 14.2. The summed E-state index contributed by atoms with van der Waals surface area (Å²) in [4.78, 5) is 26.8. The second-order valence-corrected chi connectivity index (χ2v) is 7.59. The highest BCUT2D eigenvalue weighted by Gasteiger charge is 2.27. The van der Waals surface area contributed by atoms with Crippen molar-refractivity contribution in [1.29, 1.82) is 0 Å². The van der Waals surface area contributed by atoms with Crippen LogP contribution in [-0.2, 0) is 16.1 Å². The van der Waals surface area contributed by atoms with Crippen LogP contribution in [0.3, 0.4) is 0 Å². The van der Waals surface area contributed by atoms with Crippen LogP contribution in [0.5, 0.6) is 5.75 Å². The number of carbonyl (C=O) groups is 1. The van der Waals surface area contributed by atoms with Gasteiger partial charge >= 0.3 is 5.97 Å². The first-order valence-corrected chi connectivity index (χ1v) is 10.1. The smallest absolute Gasteiger partial charge is 0.363 e. The van der Waals surface area contributed by atoms with Gasteiger partial charge in [0, 0.05) is 17.2 Å². The van der Waals surface area contributed by atoms with Crippen LogP contribution in [0.15, 0.2) is 77.4 Å². The maximum Gasteiger partial charge on any atom is 0.363 e. The molecule has 3 aromatic rings. The number of aliphatic imine (C=N–C) groups is 1. The van der Waals surface area contributed by atoms with E-state index in [4.69, 9.17) is 32.7 Å². The molecule has 0 aliphatic carbocycles. The minimum Gasteiger partial charge on any atom is -0.489 e. The quantitative estimate of drug-likeness (QED) is 0.196. The summed E-state index contributed by atoms with van der Waals surface area (Å²) < 4.78 is 10.9. The van der Waals surface area contributed by atoms with Gasteiger partial charge in [0.25, 0.3) is 5.69 Å². The summed E-state index contributed by atoms with van der Waals surface area (Å²) in [5.41, 5.74) is 1.67. The molecule has 32 heavy (non-hydrogen) atoms. The minimum atomic E-state index is -0.677. The molecule has 9 heteroatoms. The Morgan fingerprint density at radius 2 is 1.84 bits per heavy atom. The van der Waals surface area contributed by atoms with E-state index in [1.54, 1.807) is 36.4 Å². The van der Waals surface area contributed by atoms with Crippen LogP contribution in [0.1, 0.15) is 16.7 Å². The zero-order valence-corrected chi connectivity index (χ0v) is 17.8. The number of nitro groups is 1. The number of hydrogen-bond donors (Lipinski definition) is 0. The highest BCUT2D eigenvalue weighted by Crippen LogP contribution is 2.27. The molecule has 0 aromatic heterocycles. The number of rotatable bonds is 6. The van der Waals surface area contributed by atoms with Gasteiger partial charge in [0.15, 0.2) is 5.70 Å². The first-order chi connectivity index (χ1) is 15.4. The molecular formula is C23H14Cl2N2O5. The number of ether oxygens (including phenoxy) is 2. The van der Waals surface area contributed by atoms with Gasteiger partial charge in [-0.1, -0.05) is 47.5 Å². The van der Waals surface area contributed by atoms with E-state index in [2.05, 4.69) is 4.99 Å². The molecule has 0 bridgehead atoms. The van der Waals surface area contributed by atoms with Crippen LogP contribution < -0.4 is 4.74 Å². The second-order valence-electron chi connectivity index (χ2n) is 6.74. The molecule has 0 saturated carbocycles. The zero-order valence-electron chi connectivity index (χ0n) is 16.3. The first-order valence-electron chi connectivity index (χ1n) is 9.33. The van der Waals surface area contributed by atoms with Gasteiger partial charge < -0.3 is 9.47 Å². The molecule has 0 atom stereocenters. The first kappa shape index (κ1) is 21.5. The summed E-state index contributed by atoms with van der Waals surface area (Å²) >= 11 is 12.1. The van der Waals surface area contributed by atoms with Crippen LogP contribution >= 0.6 is 23.2 Å². The number of nitrogens with zero attached hydrogens (tertiary/aromatic N) is 2. The lowest BCUT2D eigenvalue weighted by molar-refractivity contribution is -0.384. The lowest BCUT2D eigenvalue weighted by Gasteiger charge is -2.07. The van der Waals surface area contributed by atoms with Crippen molar-refractivity contribution in [1.82, 2.24) is 0 Å². The van der Waals surface area contributed by atoms with E-state index in [-0.39, 0.29) is 27.9 Å². The van der Waals surface area contributed by atoms with Gasteiger partial charge in [-0.3, -0.25) is 10.1 Å². The van der Waals surface area contributed by atoms with Crippen molar-refractivity contribution in [2.45, 2.75) is 6.61 Å². The molecule has 0 radical (unpaired) electrons. The van der Waals surface area contributed by atoms with Crippen molar-refractivity contribution in [3.05, 3.63) is 109 Å². The summed E-state index contributed by atoms with van der Waals surface area (Å²) in [6.07, 6.45) is 1.54. The van der Waals surface area contributed by atoms with Crippen molar-refractivity contribution < 1.29 is 19.2 Å². The fourth-order valence-electron chi connectivity index (χ4n) is 2.93. The number of esters is 1. The Labute approximate surface area is 192 Å². The van der Waals surface area contributed by atoms with Crippen molar-refractivity contribution >= 4 is 46.8 Å². The molecule has 0 saturated heterocycles. The molecule has 0 spiro atoms. The summed E-state index contributed by atoms with van der Waals surface area (Å²) in [5, 5.41) is 11.8. The van der Waals surface area contributed by atoms with Crippen LogP contribution in [0, 0.1) is 10.1 Å². The SMILES string of the molecule is O=C1OC(c2cc([N+](=O)[O-])ccc2Cl)=N/C1=C\c1ccc(OCc2cccc(Cl)c2)cc1. The number of halogens is 2. The van der Waals surface area contributed by atoms with E-state index in [0.717, 1.165) is 5.56 Å². The number of benzene rings is 3. The molecular weight excluding hydrogens is 455 g/mol. The van der Waals surface area contributed by atoms with Gasteiger partial charge in [0.05, 0.1) is 15.5 Å². The molecule has 1 aliphatic rings. The Kier molecular flexibility index (Phi) is 6.20. The molecule has 4 rings (SSSR count). The molecule has 7 nitrogen and oxygen atoms in total. The second kappa shape index (κ2) is 9.21. The maximum absolute atomic E-state index is 12.2. The van der Waals surface area contributed by atoms with Gasteiger partial charge in [0.1, 0.15) is 12.4 Å². The average Bonchev–Trinajstić information content (AvgIpc) is 3.13. The third-order valence-corrected chi connectivity index (χ3v) is 5.05. The van der Waals surface area contributed by atoms with E-state index >= 15 is 0 Å². The van der Waals surface area contributed by atoms with Crippen LogP contribution in [-0.4, -0.2) is 16.8 Å². The Balaban J connectivity index is 1.50. The summed E-state index contributed by atoms with van der Waals surface area (Å²) in [6.45, 7) is 0.366. The number of carbonyl (C=O) groups excluding carboxylic acids is 1. The van der Waals surface area contributed by atoms with Gasteiger partial charge in [0.2, 0.25) is 5.90 Å². The summed E-state index contributed by atoms with van der Waals surface area (Å²) in [5.74, 6) is -0.117. The molecule has 0 fully saturated rings. The van der Waals surface area contributed by atoms with Gasteiger partial charge in [-0.2, -0.15) is 0 Å². The van der Waals surface area contributed by atoms with Gasteiger partial charge in [-0.05, 0) is 47.5 Å². The minimum absolute atomic E-state index is 0.0511. The topological polar surface area (TPSA) is 91.0 Å². The molecule has 1 aliphatic heterocycles. The zero-order chi connectivity index (χ0) is 22.7. The lowest BCUT2D eigenvalue weighted by Crippen LogP contribution is -2.06. The monoisotopic (exact) mass is 468 g/mol. The van der Waals surface area contributed by atoms with Crippen molar-refractivity contribution in [3.8, 4) is 5.75 Å². The average molecular weight is 469 g/mol. The molecule has 160 valence electrons. The number of non-ortho nitro benzene ring substituents is 1. The molecule has 0 amide bonds. The predicted octanol–water partition coefficient (Wildman–Crippen LogP) is 5.83. The summed E-state index contributed by atoms with van der Waals surface area (Å²) in [6, 6.07) is 18.3. The van der Waals surface area contributed by atoms with Crippen LogP contribution in [0.25, 0.3) is 6.08 Å². The maximum atomic E-state index is 12.2. The highest BCUT2D eigenvalue weighted by atomic mass is 35.5. The van der Waals surface area contributed by atoms with E-state index < -0.39 is 10.9 Å². The summed E-state index contributed by atoms with van der Waals surface area (Å²) in [7, 11) is 0. The Morgan fingerprint density at radius 3 is 2.56 bits per heavy atom. The highest BCUT2D eigenvalue weighted by molar-refractivity contribution is 6.34. The van der Waals surface area contributed by atoms with Crippen molar-refractivity contribution in [3.63, 3.8) is 0 Å². The Hall–Kier alpha value is -3.68. The number of hydrogen-bond acceptors (Lipinski definition) is 6. The fraction of sp³-hybridized carbons (Fsp3) is 0.0435. The van der Waals surface area contributed by atoms with Crippen LogP contribution in [0.4, 0.5) is 5.69 Å². The van der Waals surface area contributed by atoms with Crippen molar-refractivity contribution in [2.75, 3.05) is 0 Å². The molecule has 0 unspecified atom stereocenters. The van der Waals surface area contributed by atoms with E-state index in [1.165, 1.54) is 18.2 Å². The molecule has 3 aromatic carbocycles. The van der Waals surface area contributed by atoms with Crippen molar-refractivity contribution in [2.24, 2.45) is 4.99 Å². The largest absolute Gasteiger partial charge is 0.489 e. The third kappa shape index (κ3) is 4.96.